The number of nitro groups is 1. The Kier molecular flexibility index (Phi) is 4.35. The topological polar surface area (TPSA) is 116 Å². The lowest BCUT2D eigenvalue weighted by Gasteiger charge is -2.03. The van der Waals surface area contributed by atoms with Crippen LogP contribution in [0.5, 0.6) is 5.88 Å². The molecular weight excluding hydrogens is 349 g/mol. The number of halogens is 1. The van der Waals surface area contributed by atoms with E-state index in [-0.39, 0.29) is 28.1 Å². The van der Waals surface area contributed by atoms with Crippen molar-refractivity contribution in [2.45, 2.75) is 0 Å². The minimum Gasteiger partial charge on any atom is -0.493 e. The van der Waals surface area contributed by atoms with Crippen LogP contribution in [0.25, 0.3) is 10.9 Å². The molecule has 10 heteroatoms. The highest BCUT2D eigenvalue weighted by atomic mass is 32.1. The van der Waals surface area contributed by atoms with Gasteiger partial charge >= 0.3 is 0 Å². The van der Waals surface area contributed by atoms with Gasteiger partial charge < -0.3 is 15.4 Å². The summed E-state index contributed by atoms with van der Waals surface area (Å²) in [7, 11) is 0. The molecule has 0 aliphatic carbocycles. The van der Waals surface area contributed by atoms with E-state index in [9.17, 15) is 19.6 Å². The van der Waals surface area contributed by atoms with Gasteiger partial charge in [-0.25, -0.2) is 4.39 Å². The number of H-pyrrole nitrogens is 1. The van der Waals surface area contributed by atoms with Crippen molar-refractivity contribution in [1.29, 1.82) is 0 Å². The van der Waals surface area contributed by atoms with Crippen LogP contribution in [-0.2, 0) is 0 Å². The first kappa shape index (κ1) is 16.5. The Hall–Kier alpha value is -3.40. The highest BCUT2D eigenvalue weighted by Crippen LogP contribution is 2.35. The van der Waals surface area contributed by atoms with E-state index in [1.54, 1.807) is 6.07 Å². The van der Waals surface area contributed by atoms with E-state index in [0.717, 1.165) is 0 Å². The van der Waals surface area contributed by atoms with Crippen LogP contribution in [0.3, 0.4) is 0 Å². The molecule has 0 spiro atoms. The van der Waals surface area contributed by atoms with Crippen LogP contribution in [0.15, 0.2) is 52.7 Å². The minimum absolute atomic E-state index is 0.0849. The predicted molar refractivity (Wildman–Crippen MR) is 93.8 cm³/mol. The fourth-order valence-electron chi connectivity index (χ4n) is 2.22. The fraction of sp³-hybridized carbons (Fsp3) is 0. The Morgan fingerprint density at radius 2 is 2.08 bits per heavy atom. The number of para-hydroxylation sites is 2. The van der Waals surface area contributed by atoms with Crippen LogP contribution in [0.4, 0.5) is 21.5 Å². The molecule has 1 heterocycles. The molecule has 0 aliphatic heterocycles. The van der Waals surface area contributed by atoms with Crippen molar-refractivity contribution >= 4 is 45.3 Å². The number of rotatable bonds is 3. The molecule has 0 aliphatic rings. The van der Waals surface area contributed by atoms with Crippen molar-refractivity contribution in [3.05, 3.63) is 58.4 Å². The highest BCUT2D eigenvalue weighted by Gasteiger charge is 2.14. The molecule has 25 heavy (non-hydrogen) atoms. The van der Waals surface area contributed by atoms with Gasteiger partial charge in [-0.3, -0.25) is 10.1 Å². The zero-order valence-electron chi connectivity index (χ0n) is 12.4. The van der Waals surface area contributed by atoms with E-state index < -0.39 is 10.7 Å². The molecule has 0 fully saturated rings. The number of nitrogens with one attached hydrogen (secondary N) is 2. The molecule has 0 saturated carbocycles. The Morgan fingerprint density at radius 3 is 2.84 bits per heavy atom. The standard InChI is InChI=1S/C15H10FN5O3S/c16-8-5-6-9-11(7-8)17-14(22)13(9)19-20-15(25)18-10-3-1-2-4-12(10)21(23)24/h1-7,17,22H,(H,18,25). The smallest absolute Gasteiger partial charge is 0.292 e. The summed E-state index contributed by atoms with van der Waals surface area (Å²) in [6.45, 7) is 0. The predicted octanol–water partition coefficient (Wildman–Crippen LogP) is 4.40. The molecule has 3 rings (SSSR count). The number of aromatic amines is 1. The van der Waals surface area contributed by atoms with Gasteiger partial charge in [-0.05, 0) is 36.5 Å². The fourth-order valence-corrected chi connectivity index (χ4v) is 2.37. The second-order valence-electron chi connectivity index (χ2n) is 4.92. The van der Waals surface area contributed by atoms with Crippen molar-refractivity contribution < 1.29 is 14.4 Å². The first-order valence-corrected chi connectivity index (χ1v) is 7.33. The number of thiocarbonyl (C=S) groups is 1. The molecule has 2 aromatic carbocycles. The molecular formula is C15H10FN5O3S. The molecule has 126 valence electrons. The Labute approximate surface area is 145 Å². The van der Waals surface area contributed by atoms with Crippen LogP contribution < -0.4 is 5.32 Å². The van der Waals surface area contributed by atoms with Crippen LogP contribution >= 0.6 is 12.2 Å². The molecule has 3 aromatic rings. The first-order chi connectivity index (χ1) is 12.0. The zero-order chi connectivity index (χ0) is 18.0. The summed E-state index contributed by atoms with van der Waals surface area (Å²) in [5.41, 5.74) is 0.442. The Bertz CT molecular complexity index is 1020. The summed E-state index contributed by atoms with van der Waals surface area (Å²) < 4.78 is 13.2. The maximum atomic E-state index is 13.2. The van der Waals surface area contributed by atoms with E-state index in [1.165, 1.54) is 36.4 Å². The van der Waals surface area contributed by atoms with Gasteiger partial charge in [0.1, 0.15) is 11.5 Å². The van der Waals surface area contributed by atoms with Gasteiger partial charge in [0, 0.05) is 11.5 Å². The third-order valence-corrected chi connectivity index (χ3v) is 3.48. The molecule has 3 N–H and O–H groups in total. The summed E-state index contributed by atoms with van der Waals surface area (Å²) in [6.07, 6.45) is 0. The van der Waals surface area contributed by atoms with Crippen molar-refractivity contribution in [3.8, 4) is 5.88 Å². The molecule has 0 amide bonds. The number of benzene rings is 2. The van der Waals surface area contributed by atoms with E-state index in [1.807, 2.05) is 0 Å². The number of nitrogens with zero attached hydrogens (tertiary/aromatic N) is 3. The summed E-state index contributed by atoms with van der Waals surface area (Å²) in [5, 5.41) is 31.3. The number of aromatic nitrogens is 1. The number of hydrogen-bond acceptors (Lipinski definition) is 5. The number of nitro benzene ring substituents is 1. The molecule has 0 saturated heterocycles. The van der Waals surface area contributed by atoms with Crippen LogP contribution in [0, 0.1) is 15.9 Å². The number of fused-ring (bicyclic) bond motifs is 1. The highest BCUT2D eigenvalue weighted by molar-refractivity contribution is 7.80. The maximum Gasteiger partial charge on any atom is 0.292 e. The number of azo groups is 1. The maximum absolute atomic E-state index is 13.2. The molecule has 0 unspecified atom stereocenters. The monoisotopic (exact) mass is 359 g/mol. The van der Waals surface area contributed by atoms with Crippen molar-refractivity contribution in [2.75, 3.05) is 5.32 Å². The first-order valence-electron chi connectivity index (χ1n) is 6.92. The summed E-state index contributed by atoms with van der Waals surface area (Å²) >= 11 is 5.00. The third kappa shape index (κ3) is 3.43. The van der Waals surface area contributed by atoms with Gasteiger partial charge in [-0.15, -0.1) is 10.2 Å². The quantitative estimate of drug-likeness (QED) is 0.277. The van der Waals surface area contributed by atoms with Crippen molar-refractivity contribution in [3.63, 3.8) is 0 Å². The number of aromatic hydroxyl groups is 1. The summed E-state index contributed by atoms with van der Waals surface area (Å²) in [4.78, 5) is 13.0. The average molecular weight is 359 g/mol. The average Bonchev–Trinajstić information content (AvgIpc) is 2.87. The van der Waals surface area contributed by atoms with E-state index in [2.05, 4.69) is 20.5 Å². The second kappa shape index (κ2) is 6.61. The van der Waals surface area contributed by atoms with Gasteiger partial charge in [0.15, 0.2) is 5.69 Å². The number of anilines is 1. The lowest BCUT2D eigenvalue weighted by molar-refractivity contribution is -0.383. The summed E-state index contributed by atoms with van der Waals surface area (Å²) in [6, 6.07) is 9.80. The molecule has 1 aromatic heterocycles. The van der Waals surface area contributed by atoms with Gasteiger partial charge in [-0.2, -0.15) is 0 Å². The van der Waals surface area contributed by atoms with Crippen molar-refractivity contribution in [1.82, 2.24) is 4.98 Å². The molecule has 0 bridgehead atoms. The van der Waals surface area contributed by atoms with Crippen molar-refractivity contribution in [2.24, 2.45) is 10.2 Å². The van der Waals surface area contributed by atoms with Crippen LogP contribution in [0.1, 0.15) is 0 Å². The zero-order valence-corrected chi connectivity index (χ0v) is 13.2. The van der Waals surface area contributed by atoms with Gasteiger partial charge in [0.2, 0.25) is 11.0 Å². The van der Waals surface area contributed by atoms with Gasteiger partial charge in [-0.1, -0.05) is 12.1 Å². The van der Waals surface area contributed by atoms with Crippen LogP contribution in [0.2, 0.25) is 0 Å². The Morgan fingerprint density at radius 1 is 1.32 bits per heavy atom. The summed E-state index contributed by atoms with van der Waals surface area (Å²) in [5.74, 6) is -0.761. The van der Waals surface area contributed by atoms with E-state index in [0.29, 0.717) is 10.9 Å². The van der Waals surface area contributed by atoms with Crippen LogP contribution in [-0.4, -0.2) is 20.1 Å². The normalized spacial score (nSPS) is 11.1. The molecule has 8 nitrogen and oxygen atoms in total. The molecule has 0 radical (unpaired) electrons. The third-order valence-electron chi connectivity index (χ3n) is 3.30. The lowest BCUT2D eigenvalue weighted by Crippen LogP contribution is -2.07. The molecule has 0 atom stereocenters. The number of hydrogen-bond donors (Lipinski definition) is 3. The van der Waals surface area contributed by atoms with Gasteiger partial charge in [0.05, 0.1) is 10.4 Å². The van der Waals surface area contributed by atoms with Gasteiger partial charge in [0.25, 0.3) is 5.69 Å². The lowest BCUT2D eigenvalue weighted by atomic mass is 10.2. The van der Waals surface area contributed by atoms with E-state index in [4.69, 9.17) is 12.2 Å². The second-order valence-corrected chi connectivity index (χ2v) is 5.30. The SMILES string of the molecule is O=[N+]([O-])c1ccccc1NC(=S)N=Nc1c(O)[nH]c2cc(F)ccc12. The van der Waals surface area contributed by atoms with E-state index >= 15 is 0 Å². The Balaban J connectivity index is 1.85. The largest absolute Gasteiger partial charge is 0.493 e. The minimum atomic E-state index is -0.553.